The summed E-state index contributed by atoms with van der Waals surface area (Å²) >= 11 is 5.80. The quantitative estimate of drug-likeness (QED) is 0.867. The van der Waals surface area contributed by atoms with E-state index in [1.54, 1.807) is 0 Å². The van der Waals surface area contributed by atoms with Crippen molar-refractivity contribution in [3.63, 3.8) is 0 Å². The summed E-state index contributed by atoms with van der Waals surface area (Å²) in [5, 5.41) is 0.0588. The molecular formula is C11H11ClFNO2. The number of nitrogens with two attached hydrogens (primary N) is 1. The molecule has 0 amide bonds. The summed E-state index contributed by atoms with van der Waals surface area (Å²) in [5.74, 6) is 0.520. The van der Waals surface area contributed by atoms with E-state index in [1.807, 2.05) is 0 Å². The van der Waals surface area contributed by atoms with Gasteiger partial charge in [0.25, 0.3) is 0 Å². The minimum Gasteiger partial charge on any atom is -0.454 e. The van der Waals surface area contributed by atoms with Crippen molar-refractivity contribution in [2.45, 2.75) is 24.8 Å². The topological polar surface area (TPSA) is 44.5 Å². The molecule has 1 saturated carbocycles. The van der Waals surface area contributed by atoms with Gasteiger partial charge in [-0.3, -0.25) is 0 Å². The number of benzene rings is 1. The summed E-state index contributed by atoms with van der Waals surface area (Å²) in [7, 11) is 0. The Kier molecular flexibility index (Phi) is 2.06. The van der Waals surface area contributed by atoms with Gasteiger partial charge in [-0.2, -0.15) is 0 Å². The molecule has 86 valence electrons. The summed E-state index contributed by atoms with van der Waals surface area (Å²) in [6.45, 7) is 0.111. The first-order valence-electron chi connectivity index (χ1n) is 5.14. The summed E-state index contributed by atoms with van der Waals surface area (Å²) in [6.07, 6.45) is 2.27. The maximum atomic E-state index is 13.9. The molecule has 2 N–H and O–H groups in total. The third-order valence-corrected chi connectivity index (χ3v) is 3.34. The fourth-order valence-corrected chi connectivity index (χ4v) is 2.11. The van der Waals surface area contributed by atoms with Crippen LogP contribution in [0.1, 0.15) is 18.4 Å². The van der Waals surface area contributed by atoms with E-state index < -0.39 is 5.82 Å². The third kappa shape index (κ3) is 1.53. The molecule has 16 heavy (non-hydrogen) atoms. The van der Waals surface area contributed by atoms with Crippen LogP contribution in [0.4, 0.5) is 4.39 Å². The van der Waals surface area contributed by atoms with Gasteiger partial charge in [-0.1, -0.05) is 11.6 Å². The van der Waals surface area contributed by atoms with Crippen LogP contribution in [0.3, 0.4) is 0 Å². The second-order valence-corrected chi connectivity index (χ2v) is 4.83. The molecule has 1 aromatic rings. The van der Waals surface area contributed by atoms with Gasteiger partial charge in [-0.15, -0.1) is 0 Å². The highest BCUT2D eigenvalue weighted by atomic mass is 35.5. The summed E-state index contributed by atoms with van der Waals surface area (Å²) in [5.41, 5.74) is 6.14. The van der Waals surface area contributed by atoms with E-state index in [2.05, 4.69) is 0 Å². The molecule has 5 heteroatoms. The third-order valence-electron chi connectivity index (χ3n) is 3.07. The molecule has 1 heterocycles. The monoisotopic (exact) mass is 243 g/mol. The van der Waals surface area contributed by atoms with E-state index in [0.29, 0.717) is 23.5 Å². The Bertz CT molecular complexity index is 460. The molecule has 1 aliphatic heterocycles. The van der Waals surface area contributed by atoms with Crippen molar-refractivity contribution in [1.82, 2.24) is 0 Å². The summed E-state index contributed by atoms with van der Waals surface area (Å²) in [6, 6.07) is 1.44. The highest BCUT2D eigenvalue weighted by molar-refractivity contribution is 6.31. The molecule has 0 radical (unpaired) electrons. The van der Waals surface area contributed by atoms with Gasteiger partial charge in [0.15, 0.2) is 11.5 Å². The highest BCUT2D eigenvalue weighted by Gasteiger charge is 2.41. The van der Waals surface area contributed by atoms with Gasteiger partial charge in [0.2, 0.25) is 6.79 Å². The van der Waals surface area contributed by atoms with Crippen LogP contribution in [0, 0.1) is 5.82 Å². The molecule has 0 bridgehead atoms. The average Bonchev–Trinajstić information content (AvgIpc) is 2.77. The Morgan fingerprint density at radius 1 is 1.44 bits per heavy atom. The number of fused-ring (bicyclic) bond motifs is 1. The number of halogens is 2. The smallest absolute Gasteiger partial charge is 0.231 e. The summed E-state index contributed by atoms with van der Waals surface area (Å²) in [4.78, 5) is 0. The fourth-order valence-electron chi connectivity index (χ4n) is 1.90. The Balaban J connectivity index is 2.07. The van der Waals surface area contributed by atoms with Crippen molar-refractivity contribution in [3.8, 4) is 11.5 Å². The van der Waals surface area contributed by atoms with Crippen molar-refractivity contribution < 1.29 is 13.9 Å². The van der Waals surface area contributed by atoms with Crippen LogP contribution in [-0.2, 0) is 6.42 Å². The van der Waals surface area contributed by atoms with Gasteiger partial charge >= 0.3 is 0 Å². The van der Waals surface area contributed by atoms with Crippen molar-refractivity contribution in [1.29, 1.82) is 0 Å². The first-order valence-corrected chi connectivity index (χ1v) is 5.52. The van der Waals surface area contributed by atoms with Crippen LogP contribution in [-0.4, -0.2) is 12.3 Å². The van der Waals surface area contributed by atoms with Crippen LogP contribution in [0.2, 0.25) is 5.02 Å². The van der Waals surface area contributed by atoms with Gasteiger partial charge in [-0.05, 0) is 19.3 Å². The normalized spacial score (nSPS) is 19.9. The Morgan fingerprint density at radius 3 is 2.88 bits per heavy atom. The lowest BCUT2D eigenvalue weighted by Crippen LogP contribution is -2.25. The van der Waals surface area contributed by atoms with Crippen molar-refractivity contribution >= 4 is 11.6 Å². The van der Waals surface area contributed by atoms with E-state index in [0.717, 1.165) is 12.8 Å². The number of hydrogen-bond acceptors (Lipinski definition) is 3. The van der Waals surface area contributed by atoms with Crippen LogP contribution in [0.25, 0.3) is 0 Å². The maximum Gasteiger partial charge on any atom is 0.231 e. The molecule has 0 saturated heterocycles. The first kappa shape index (κ1) is 10.2. The van der Waals surface area contributed by atoms with E-state index >= 15 is 0 Å². The SMILES string of the molecule is NC1(Cc2c(F)c(Cl)cc3c2OCO3)CC1. The standard InChI is InChI=1S/C11H11ClFNO2/c12-7-3-8-10(16-5-15-8)6(9(7)13)4-11(14)1-2-11/h3H,1-2,4-5,14H2. The lowest BCUT2D eigenvalue weighted by Gasteiger charge is -2.12. The molecule has 3 nitrogen and oxygen atoms in total. The van der Waals surface area contributed by atoms with Crippen LogP contribution in [0.15, 0.2) is 6.07 Å². The minimum atomic E-state index is -0.442. The molecule has 0 atom stereocenters. The second-order valence-electron chi connectivity index (χ2n) is 4.42. The lowest BCUT2D eigenvalue weighted by molar-refractivity contribution is 0.173. The maximum absolute atomic E-state index is 13.9. The predicted octanol–water partition coefficient (Wildman–Crippen LogP) is 2.24. The van der Waals surface area contributed by atoms with Crippen molar-refractivity contribution in [3.05, 3.63) is 22.5 Å². The van der Waals surface area contributed by atoms with E-state index in [-0.39, 0.29) is 17.4 Å². The van der Waals surface area contributed by atoms with Crippen molar-refractivity contribution in [2.24, 2.45) is 5.73 Å². The zero-order chi connectivity index (χ0) is 11.3. The molecule has 0 unspecified atom stereocenters. The Morgan fingerprint density at radius 2 is 2.19 bits per heavy atom. The molecule has 0 spiro atoms. The van der Waals surface area contributed by atoms with Gasteiger partial charge in [-0.25, -0.2) is 4.39 Å². The lowest BCUT2D eigenvalue weighted by atomic mass is 10.0. The fraction of sp³-hybridized carbons (Fsp3) is 0.455. The van der Waals surface area contributed by atoms with Crippen LogP contribution in [0.5, 0.6) is 11.5 Å². The van der Waals surface area contributed by atoms with E-state index in [4.69, 9.17) is 26.8 Å². The zero-order valence-electron chi connectivity index (χ0n) is 8.56. The van der Waals surface area contributed by atoms with E-state index in [1.165, 1.54) is 6.07 Å². The van der Waals surface area contributed by atoms with Crippen LogP contribution < -0.4 is 15.2 Å². The Hall–Kier alpha value is -1.00. The molecular weight excluding hydrogens is 233 g/mol. The number of ether oxygens (including phenoxy) is 2. The molecule has 3 rings (SSSR count). The first-order chi connectivity index (χ1) is 7.59. The van der Waals surface area contributed by atoms with Gasteiger partial charge in [0.05, 0.1) is 5.02 Å². The van der Waals surface area contributed by atoms with Crippen LogP contribution >= 0.6 is 11.6 Å². The molecule has 1 fully saturated rings. The van der Waals surface area contributed by atoms with Gasteiger partial charge < -0.3 is 15.2 Å². The summed E-state index contributed by atoms with van der Waals surface area (Å²) < 4.78 is 24.4. The molecule has 1 aromatic carbocycles. The molecule has 1 aliphatic carbocycles. The largest absolute Gasteiger partial charge is 0.454 e. The number of hydrogen-bond donors (Lipinski definition) is 1. The molecule has 2 aliphatic rings. The number of rotatable bonds is 2. The van der Waals surface area contributed by atoms with E-state index in [9.17, 15) is 4.39 Å². The van der Waals surface area contributed by atoms with Gasteiger partial charge in [0.1, 0.15) is 5.82 Å². The predicted molar refractivity (Wildman–Crippen MR) is 57.4 cm³/mol. The average molecular weight is 244 g/mol. The second kappa shape index (κ2) is 3.25. The minimum absolute atomic E-state index is 0.0588. The highest BCUT2D eigenvalue weighted by Crippen LogP contribution is 2.45. The van der Waals surface area contributed by atoms with Crippen molar-refractivity contribution in [2.75, 3.05) is 6.79 Å². The Labute approximate surface area is 97.3 Å². The molecule has 0 aromatic heterocycles. The zero-order valence-corrected chi connectivity index (χ0v) is 9.31. The van der Waals surface area contributed by atoms with Gasteiger partial charge in [0, 0.05) is 17.2 Å².